The van der Waals surface area contributed by atoms with Crippen molar-refractivity contribution in [3.05, 3.63) is 28.8 Å². The van der Waals surface area contributed by atoms with Crippen molar-refractivity contribution in [2.75, 3.05) is 18.0 Å². The third-order valence-electron chi connectivity index (χ3n) is 4.26. The van der Waals surface area contributed by atoms with Crippen molar-refractivity contribution in [3.8, 4) is 0 Å². The summed E-state index contributed by atoms with van der Waals surface area (Å²) in [6, 6.07) is 5.03. The zero-order valence-corrected chi connectivity index (χ0v) is 10.9. The second-order valence-corrected chi connectivity index (χ2v) is 5.73. The van der Waals surface area contributed by atoms with E-state index in [-0.39, 0.29) is 5.56 Å². The fraction of sp³-hybridized carbons (Fsp3) is 0.500. The number of nitrogens with zero attached hydrogens (tertiary/aromatic N) is 1. The second-order valence-electron chi connectivity index (χ2n) is 5.33. The lowest BCUT2D eigenvalue weighted by molar-refractivity contribution is 0.0697. The van der Waals surface area contributed by atoms with E-state index in [9.17, 15) is 4.79 Å². The Morgan fingerprint density at radius 2 is 1.94 bits per heavy atom. The van der Waals surface area contributed by atoms with Gasteiger partial charge in [-0.25, -0.2) is 4.79 Å². The molecule has 1 N–H and O–H groups in total. The van der Waals surface area contributed by atoms with Crippen molar-refractivity contribution in [2.24, 2.45) is 11.8 Å². The summed E-state index contributed by atoms with van der Waals surface area (Å²) in [6.45, 7) is 2.13. The molecule has 96 valence electrons. The normalized spacial score (nSPS) is 26.4. The molecule has 2 fully saturated rings. The van der Waals surface area contributed by atoms with Gasteiger partial charge >= 0.3 is 5.97 Å². The van der Waals surface area contributed by atoms with Crippen molar-refractivity contribution in [1.29, 1.82) is 0 Å². The quantitative estimate of drug-likeness (QED) is 0.892. The summed E-state index contributed by atoms with van der Waals surface area (Å²) < 4.78 is 0. The summed E-state index contributed by atoms with van der Waals surface area (Å²) in [5.41, 5.74) is 1.24. The maximum absolute atomic E-state index is 10.9. The first-order valence-electron chi connectivity index (χ1n) is 6.43. The zero-order chi connectivity index (χ0) is 12.7. The topological polar surface area (TPSA) is 40.5 Å². The summed E-state index contributed by atoms with van der Waals surface area (Å²) in [7, 11) is 0. The molecule has 0 bridgehead atoms. The van der Waals surface area contributed by atoms with Crippen molar-refractivity contribution >= 4 is 23.3 Å². The van der Waals surface area contributed by atoms with Crippen LogP contribution in [0.3, 0.4) is 0 Å². The molecule has 18 heavy (non-hydrogen) atoms. The van der Waals surface area contributed by atoms with Crippen molar-refractivity contribution in [3.63, 3.8) is 0 Å². The van der Waals surface area contributed by atoms with E-state index in [1.807, 2.05) is 6.07 Å². The smallest absolute Gasteiger partial charge is 0.335 e. The van der Waals surface area contributed by atoms with Gasteiger partial charge in [0, 0.05) is 13.1 Å². The highest BCUT2D eigenvalue weighted by Crippen LogP contribution is 2.41. The summed E-state index contributed by atoms with van der Waals surface area (Å²) in [5.74, 6) is 0.683. The molecule has 1 saturated heterocycles. The SMILES string of the molecule is O=C(O)c1ccc(N2CC3CCCC3C2)c(Cl)c1. The number of hydrogen-bond donors (Lipinski definition) is 1. The minimum absolute atomic E-state index is 0.253. The van der Waals surface area contributed by atoms with Gasteiger partial charge in [-0.3, -0.25) is 0 Å². The predicted octanol–water partition coefficient (Wildman–Crippen LogP) is 3.27. The van der Waals surface area contributed by atoms with E-state index in [1.54, 1.807) is 12.1 Å². The van der Waals surface area contributed by atoms with Crippen LogP contribution in [0.25, 0.3) is 0 Å². The number of hydrogen-bond acceptors (Lipinski definition) is 2. The van der Waals surface area contributed by atoms with Crippen LogP contribution in [0.1, 0.15) is 29.6 Å². The first-order valence-corrected chi connectivity index (χ1v) is 6.81. The van der Waals surface area contributed by atoms with Crippen LogP contribution in [0.2, 0.25) is 5.02 Å². The molecule has 1 aliphatic heterocycles. The molecule has 1 aliphatic carbocycles. The Morgan fingerprint density at radius 1 is 1.28 bits per heavy atom. The molecule has 2 unspecified atom stereocenters. The van der Waals surface area contributed by atoms with E-state index >= 15 is 0 Å². The van der Waals surface area contributed by atoms with Gasteiger partial charge in [0.15, 0.2) is 0 Å². The maximum atomic E-state index is 10.9. The lowest BCUT2D eigenvalue weighted by Gasteiger charge is -2.21. The van der Waals surface area contributed by atoms with E-state index in [4.69, 9.17) is 16.7 Å². The van der Waals surface area contributed by atoms with Gasteiger partial charge < -0.3 is 10.0 Å². The van der Waals surface area contributed by atoms with Gasteiger partial charge in [-0.1, -0.05) is 18.0 Å². The van der Waals surface area contributed by atoms with Crippen LogP contribution < -0.4 is 4.90 Å². The number of anilines is 1. The van der Waals surface area contributed by atoms with Crippen LogP contribution in [0.15, 0.2) is 18.2 Å². The van der Waals surface area contributed by atoms with Gasteiger partial charge in [0.2, 0.25) is 0 Å². The average Bonchev–Trinajstić information content (AvgIpc) is 2.88. The van der Waals surface area contributed by atoms with E-state index in [0.29, 0.717) is 5.02 Å². The van der Waals surface area contributed by atoms with Gasteiger partial charge in [0.1, 0.15) is 0 Å². The number of aromatic carboxylic acids is 1. The third-order valence-corrected chi connectivity index (χ3v) is 4.56. The van der Waals surface area contributed by atoms with Crippen LogP contribution in [-0.4, -0.2) is 24.2 Å². The molecule has 0 aromatic heterocycles. The molecule has 1 aromatic carbocycles. The molecule has 4 heteroatoms. The minimum Gasteiger partial charge on any atom is -0.478 e. The number of benzene rings is 1. The highest BCUT2D eigenvalue weighted by molar-refractivity contribution is 6.33. The Hall–Kier alpha value is -1.22. The van der Waals surface area contributed by atoms with E-state index in [0.717, 1.165) is 30.6 Å². The number of rotatable bonds is 2. The van der Waals surface area contributed by atoms with Gasteiger partial charge in [0.25, 0.3) is 0 Å². The lowest BCUT2D eigenvalue weighted by Crippen LogP contribution is -2.21. The molecule has 0 radical (unpaired) electrons. The Morgan fingerprint density at radius 3 is 2.50 bits per heavy atom. The Labute approximate surface area is 111 Å². The van der Waals surface area contributed by atoms with Crippen molar-refractivity contribution in [1.82, 2.24) is 0 Å². The molecule has 1 aromatic rings. The predicted molar refractivity (Wildman–Crippen MR) is 71.5 cm³/mol. The average molecular weight is 266 g/mol. The molecule has 3 nitrogen and oxygen atoms in total. The van der Waals surface area contributed by atoms with Crippen LogP contribution in [-0.2, 0) is 0 Å². The largest absolute Gasteiger partial charge is 0.478 e. The summed E-state index contributed by atoms with van der Waals surface area (Å²) in [4.78, 5) is 13.2. The standard InChI is InChI=1S/C14H16ClNO2/c15-12-6-9(14(17)18)4-5-13(12)16-7-10-2-1-3-11(10)8-16/h4-6,10-11H,1-3,7-8H2,(H,17,18). The highest BCUT2D eigenvalue weighted by Gasteiger charge is 2.36. The highest BCUT2D eigenvalue weighted by atomic mass is 35.5. The van der Waals surface area contributed by atoms with Crippen LogP contribution in [0.4, 0.5) is 5.69 Å². The second kappa shape index (κ2) is 4.47. The fourth-order valence-electron chi connectivity index (χ4n) is 3.33. The molecule has 1 heterocycles. The number of carboxylic acids is 1. The Bertz CT molecular complexity index is 477. The summed E-state index contributed by atoms with van der Waals surface area (Å²) in [5, 5.41) is 9.48. The molecule has 3 rings (SSSR count). The Balaban J connectivity index is 1.83. The van der Waals surface area contributed by atoms with Gasteiger partial charge in [0.05, 0.1) is 16.3 Å². The monoisotopic (exact) mass is 265 g/mol. The maximum Gasteiger partial charge on any atom is 0.335 e. The van der Waals surface area contributed by atoms with Gasteiger partial charge in [-0.05, 0) is 42.9 Å². The van der Waals surface area contributed by atoms with Gasteiger partial charge in [-0.2, -0.15) is 0 Å². The van der Waals surface area contributed by atoms with Crippen LogP contribution >= 0.6 is 11.6 Å². The fourth-order valence-corrected chi connectivity index (χ4v) is 3.63. The molecule has 0 spiro atoms. The Kier molecular flexibility index (Phi) is 2.94. The molecule has 2 atom stereocenters. The van der Waals surface area contributed by atoms with Crippen LogP contribution in [0.5, 0.6) is 0 Å². The number of fused-ring (bicyclic) bond motifs is 1. The molecular weight excluding hydrogens is 250 g/mol. The summed E-state index contributed by atoms with van der Waals surface area (Å²) in [6.07, 6.45) is 4.01. The van der Waals surface area contributed by atoms with Gasteiger partial charge in [-0.15, -0.1) is 0 Å². The van der Waals surface area contributed by atoms with Crippen molar-refractivity contribution in [2.45, 2.75) is 19.3 Å². The molecular formula is C14H16ClNO2. The van der Waals surface area contributed by atoms with Crippen molar-refractivity contribution < 1.29 is 9.90 Å². The first-order chi connectivity index (χ1) is 8.65. The van der Waals surface area contributed by atoms with Crippen LogP contribution in [0, 0.1) is 11.8 Å². The van der Waals surface area contributed by atoms with E-state index in [1.165, 1.54) is 19.3 Å². The minimum atomic E-state index is -0.929. The lowest BCUT2D eigenvalue weighted by atomic mass is 10.0. The van der Waals surface area contributed by atoms with E-state index in [2.05, 4.69) is 4.90 Å². The molecule has 1 saturated carbocycles. The third kappa shape index (κ3) is 1.97. The first kappa shape index (κ1) is 11.8. The summed E-state index contributed by atoms with van der Waals surface area (Å²) >= 11 is 6.21. The molecule has 0 amide bonds. The number of carbonyl (C=O) groups is 1. The zero-order valence-electron chi connectivity index (χ0n) is 10.1. The molecule has 2 aliphatic rings. The van der Waals surface area contributed by atoms with E-state index < -0.39 is 5.97 Å². The number of halogens is 1. The number of carboxylic acid groups (broad SMARTS) is 1.